The van der Waals surface area contributed by atoms with Crippen molar-refractivity contribution in [3.8, 4) is 0 Å². The average Bonchev–Trinajstić information content (AvgIpc) is 2.88. The van der Waals surface area contributed by atoms with Crippen LogP contribution >= 0.6 is 11.8 Å². The fourth-order valence-electron chi connectivity index (χ4n) is 2.35. The van der Waals surface area contributed by atoms with Gasteiger partial charge in [0.2, 0.25) is 0 Å². The number of methoxy groups -OCH3 is 1. The van der Waals surface area contributed by atoms with Crippen molar-refractivity contribution >= 4 is 11.8 Å². The minimum absolute atomic E-state index is 0.429. The number of hydrogen-bond donors (Lipinski definition) is 1. The Balaban J connectivity index is 1.74. The molecule has 4 heteroatoms. The zero-order valence-corrected chi connectivity index (χ0v) is 13.2. The number of nitrogens with one attached hydrogen (secondary N) is 1. The molecule has 1 aromatic rings. The van der Waals surface area contributed by atoms with Crippen LogP contribution in [0.25, 0.3) is 0 Å². The molecule has 2 unspecified atom stereocenters. The van der Waals surface area contributed by atoms with Crippen molar-refractivity contribution in [3.63, 3.8) is 0 Å². The maximum absolute atomic E-state index is 5.86. The molecule has 1 saturated heterocycles. The van der Waals surface area contributed by atoms with E-state index >= 15 is 0 Å². The van der Waals surface area contributed by atoms with E-state index in [0.717, 1.165) is 25.4 Å². The second kappa shape index (κ2) is 8.67. The predicted molar refractivity (Wildman–Crippen MR) is 84.3 cm³/mol. The first-order chi connectivity index (χ1) is 9.78. The van der Waals surface area contributed by atoms with Crippen LogP contribution in [0.4, 0.5) is 0 Å². The van der Waals surface area contributed by atoms with Crippen LogP contribution in [0.3, 0.4) is 0 Å². The molecule has 20 heavy (non-hydrogen) atoms. The largest absolute Gasteiger partial charge is 0.383 e. The van der Waals surface area contributed by atoms with Crippen LogP contribution in [0.1, 0.15) is 25.3 Å². The lowest BCUT2D eigenvalue weighted by Crippen LogP contribution is -2.18. The van der Waals surface area contributed by atoms with Crippen LogP contribution in [0, 0.1) is 0 Å². The first-order valence-corrected chi connectivity index (χ1v) is 8.33. The van der Waals surface area contributed by atoms with Gasteiger partial charge in [0.05, 0.1) is 18.8 Å². The minimum atomic E-state index is 0.429. The molecule has 1 N–H and O–H groups in total. The monoisotopic (exact) mass is 295 g/mol. The third kappa shape index (κ3) is 5.44. The molecule has 3 nitrogen and oxygen atoms in total. The Bertz CT molecular complexity index is 400. The molecule has 112 valence electrons. The normalized spacial score (nSPS) is 22.3. The first kappa shape index (κ1) is 15.8. The molecule has 2 atom stereocenters. The van der Waals surface area contributed by atoms with Gasteiger partial charge in [0, 0.05) is 30.8 Å². The molecule has 0 amide bonds. The molecule has 0 radical (unpaired) electrons. The summed E-state index contributed by atoms with van der Waals surface area (Å²) in [5.74, 6) is 1.06. The van der Waals surface area contributed by atoms with E-state index in [2.05, 4.69) is 36.5 Å². The Morgan fingerprint density at radius 2 is 2.30 bits per heavy atom. The van der Waals surface area contributed by atoms with Crippen LogP contribution < -0.4 is 5.32 Å². The summed E-state index contributed by atoms with van der Waals surface area (Å²) in [6.45, 7) is 4.71. The summed E-state index contributed by atoms with van der Waals surface area (Å²) < 4.78 is 10.9. The van der Waals surface area contributed by atoms with E-state index in [1.54, 1.807) is 7.11 Å². The van der Waals surface area contributed by atoms with Crippen molar-refractivity contribution in [2.45, 2.75) is 43.4 Å². The van der Waals surface area contributed by atoms with E-state index in [0.29, 0.717) is 12.2 Å². The summed E-state index contributed by atoms with van der Waals surface area (Å²) in [4.78, 5) is 1.33. The SMILES string of the molecule is COCCNCc1cccc(SCC2CCC(C)O2)c1. The smallest absolute Gasteiger partial charge is 0.0673 e. The van der Waals surface area contributed by atoms with Gasteiger partial charge in [-0.3, -0.25) is 0 Å². The maximum Gasteiger partial charge on any atom is 0.0673 e. The lowest BCUT2D eigenvalue weighted by atomic mass is 10.2. The van der Waals surface area contributed by atoms with Gasteiger partial charge in [-0.05, 0) is 37.5 Å². The quantitative estimate of drug-likeness (QED) is 0.590. The summed E-state index contributed by atoms with van der Waals surface area (Å²) in [5.41, 5.74) is 1.33. The topological polar surface area (TPSA) is 30.5 Å². The highest BCUT2D eigenvalue weighted by Gasteiger charge is 2.21. The van der Waals surface area contributed by atoms with Crippen LogP contribution in [-0.4, -0.2) is 38.2 Å². The van der Waals surface area contributed by atoms with Crippen molar-refractivity contribution in [2.24, 2.45) is 0 Å². The van der Waals surface area contributed by atoms with Crippen LogP contribution in [0.2, 0.25) is 0 Å². The highest BCUT2D eigenvalue weighted by molar-refractivity contribution is 7.99. The van der Waals surface area contributed by atoms with E-state index in [1.807, 2.05) is 11.8 Å². The lowest BCUT2D eigenvalue weighted by molar-refractivity contribution is 0.0700. The standard InChI is InChI=1S/C16H25NO2S/c1-13-6-7-15(19-13)12-20-16-5-3-4-14(10-16)11-17-8-9-18-2/h3-5,10,13,15,17H,6-9,11-12H2,1-2H3. The highest BCUT2D eigenvalue weighted by Crippen LogP contribution is 2.26. The van der Waals surface area contributed by atoms with Gasteiger partial charge in [-0.1, -0.05) is 12.1 Å². The predicted octanol–water partition coefficient (Wildman–Crippen LogP) is 3.08. The van der Waals surface area contributed by atoms with Crippen LogP contribution in [0.5, 0.6) is 0 Å². The molecule has 1 aliphatic rings. The van der Waals surface area contributed by atoms with Gasteiger partial charge in [-0.15, -0.1) is 11.8 Å². The molecule has 1 aliphatic heterocycles. The van der Waals surface area contributed by atoms with E-state index < -0.39 is 0 Å². The van der Waals surface area contributed by atoms with E-state index in [-0.39, 0.29) is 0 Å². The van der Waals surface area contributed by atoms with Gasteiger partial charge in [0.1, 0.15) is 0 Å². The number of benzene rings is 1. The fourth-order valence-corrected chi connectivity index (χ4v) is 3.38. The molecule has 1 heterocycles. The molecule has 0 aliphatic carbocycles. The van der Waals surface area contributed by atoms with Gasteiger partial charge >= 0.3 is 0 Å². The van der Waals surface area contributed by atoms with Crippen LogP contribution in [-0.2, 0) is 16.0 Å². The molecular formula is C16H25NO2S. The maximum atomic E-state index is 5.86. The zero-order chi connectivity index (χ0) is 14.2. The number of rotatable bonds is 8. The Morgan fingerprint density at radius 3 is 3.05 bits per heavy atom. The van der Waals surface area contributed by atoms with Crippen molar-refractivity contribution < 1.29 is 9.47 Å². The fraction of sp³-hybridized carbons (Fsp3) is 0.625. The molecule has 2 rings (SSSR count). The number of hydrogen-bond acceptors (Lipinski definition) is 4. The van der Waals surface area contributed by atoms with Crippen molar-refractivity contribution in [2.75, 3.05) is 26.0 Å². The van der Waals surface area contributed by atoms with Gasteiger partial charge in [0.15, 0.2) is 0 Å². The Kier molecular flexibility index (Phi) is 6.87. The van der Waals surface area contributed by atoms with E-state index in [4.69, 9.17) is 9.47 Å². The molecule has 0 aromatic heterocycles. The van der Waals surface area contributed by atoms with Gasteiger partial charge in [-0.25, -0.2) is 0 Å². The first-order valence-electron chi connectivity index (χ1n) is 7.35. The second-order valence-corrected chi connectivity index (χ2v) is 6.37. The van der Waals surface area contributed by atoms with Gasteiger partial charge in [0.25, 0.3) is 0 Å². The second-order valence-electron chi connectivity index (χ2n) is 5.27. The van der Waals surface area contributed by atoms with Gasteiger partial charge < -0.3 is 14.8 Å². The Hall–Kier alpha value is -0.550. The highest BCUT2D eigenvalue weighted by atomic mass is 32.2. The molecule has 0 spiro atoms. The van der Waals surface area contributed by atoms with E-state index in [9.17, 15) is 0 Å². The minimum Gasteiger partial charge on any atom is -0.383 e. The van der Waals surface area contributed by atoms with E-state index in [1.165, 1.54) is 23.3 Å². The molecular weight excluding hydrogens is 270 g/mol. The number of thioether (sulfide) groups is 1. The Labute approximate surface area is 126 Å². The van der Waals surface area contributed by atoms with Crippen molar-refractivity contribution in [1.82, 2.24) is 5.32 Å². The third-order valence-corrected chi connectivity index (χ3v) is 4.59. The van der Waals surface area contributed by atoms with Gasteiger partial charge in [-0.2, -0.15) is 0 Å². The third-order valence-electron chi connectivity index (χ3n) is 3.47. The Morgan fingerprint density at radius 1 is 1.40 bits per heavy atom. The molecule has 0 bridgehead atoms. The van der Waals surface area contributed by atoms with Crippen molar-refractivity contribution in [1.29, 1.82) is 0 Å². The zero-order valence-electron chi connectivity index (χ0n) is 12.4. The summed E-state index contributed by atoms with van der Waals surface area (Å²) in [6, 6.07) is 8.75. The van der Waals surface area contributed by atoms with Crippen molar-refractivity contribution in [3.05, 3.63) is 29.8 Å². The molecule has 0 saturated carbocycles. The van der Waals surface area contributed by atoms with Crippen LogP contribution in [0.15, 0.2) is 29.2 Å². The average molecular weight is 295 g/mol. The molecule has 1 fully saturated rings. The lowest BCUT2D eigenvalue weighted by Gasteiger charge is -2.11. The summed E-state index contributed by atoms with van der Waals surface area (Å²) in [5, 5.41) is 3.37. The number of ether oxygens (including phenoxy) is 2. The summed E-state index contributed by atoms with van der Waals surface area (Å²) >= 11 is 1.90. The summed E-state index contributed by atoms with van der Waals surface area (Å²) in [6.07, 6.45) is 3.27. The molecule has 1 aromatic carbocycles. The summed E-state index contributed by atoms with van der Waals surface area (Å²) in [7, 11) is 1.73.